The van der Waals surface area contributed by atoms with Gasteiger partial charge in [0.15, 0.2) is 0 Å². The molecular weight excluding hydrogens is 250 g/mol. The third kappa shape index (κ3) is 2.88. The molecule has 0 radical (unpaired) electrons. The van der Waals surface area contributed by atoms with Gasteiger partial charge in [-0.15, -0.1) is 0 Å². The maximum absolute atomic E-state index is 11.0. The van der Waals surface area contributed by atoms with Crippen LogP contribution in [-0.2, 0) is 6.54 Å². The Bertz CT molecular complexity index is 492. The van der Waals surface area contributed by atoms with Gasteiger partial charge in [-0.3, -0.25) is 4.90 Å². The molecule has 1 aliphatic heterocycles. The van der Waals surface area contributed by atoms with Gasteiger partial charge >= 0.3 is 5.97 Å². The van der Waals surface area contributed by atoms with Gasteiger partial charge in [0.25, 0.3) is 0 Å². The Labute approximate surface area is 120 Å². The molecule has 2 aliphatic rings. The molecule has 1 aliphatic carbocycles. The average Bonchev–Trinajstić information content (AvgIpc) is 2.82. The monoisotopic (exact) mass is 273 g/mol. The van der Waals surface area contributed by atoms with Crippen LogP contribution in [0.2, 0.25) is 0 Å². The number of nitrogens with zero attached hydrogens (tertiary/aromatic N) is 1. The molecule has 0 atom stereocenters. The minimum atomic E-state index is -0.836. The molecule has 1 spiro atoms. The summed E-state index contributed by atoms with van der Waals surface area (Å²) in [4.78, 5) is 13.5. The molecule has 1 saturated heterocycles. The molecule has 1 N–H and O–H groups in total. The molecular formula is C17H23NO2. The molecule has 20 heavy (non-hydrogen) atoms. The predicted octanol–water partition coefficient (Wildman–Crippen LogP) is 3.54. The zero-order valence-electron chi connectivity index (χ0n) is 12.0. The number of hydrogen-bond acceptors (Lipinski definition) is 2. The van der Waals surface area contributed by atoms with Crippen LogP contribution < -0.4 is 0 Å². The molecule has 1 heterocycles. The molecule has 1 saturated carbocycles. The quantitative estimate of drug-likeness (QED) is 0.915. The summed E-state index contributed by atoms with van der Waals surface area (Å²) in [6.07, 6.45) is 8.29. The van der Waals surface area contributed by atoms with Crippen molar-refractivity contribution in [1.29, 1.82) is 0 Å². The summed E-state index contributed by atoms with van der Waals surface area (Å²) in [6.45, 7) is 3.25. The van der Waals surface area contributed by atoms with E-state index in [0.717, 1.165) is 18.7 Å². The van der Waals surface area contributed by atoms with Crippen LogP contribution in [0.3, 0.4) is 0 Å². The molecule has 0 unspecified atom stereocenters. The van der Waals surface area contributed by atoms with E-state index in [-0.39, 0.29) is 0 Å². The lowest BCUT2D eigenvalue weighted by atomic mass is 9.73. The minimum Gasteiger partial charge on any atom is -0.478 e. The Balaban J connectivity index is 1.64. The standard InChI is InChI=1S/C17H23NO2/c19-16(20)15-6-4-5-14(11-15)12-18-10-9-17(13-18)7-2-1-3-8-17/h4-6,11H,1-3,7-10,12-13H2,(H,19,20). The second-order valence-electron chi connectivity index (χ2n) is 6.53. The van der Waals surface area contributed by atoms with E-state index in [1.165, 1.54) is 45.1 Å². The molecule has 2 fully saturated rings. The molecule has 1 aromatic rings. The predicted molar refractivity (Wildman–Crippen MR) is 78.8 cm³/mol. The molecule has 108 valence electrons. The van der Waals surface area contributed by atoms with Crippen LogP contribution in [0.1, 0.15) is 54.4 Å². The SMILES string of the molecule is O=C(O)c1cccc(CN2CCC3(CCCCC3)C2)c1. The van der Waals surface area contributed by atoms with E-state index in [2.05, 4.69) is 4.90 Å². The van der Waals surface area contributed by atoms with Gasteiger partial charge in [0.1, 0.15) is 0 Å². The summed E-state index contributed by atoms with van der Waals surface area (Å²) in [7, 11) is 0. The van der Waals surface area contributed by atoms with Crippen molar-refractivity contribution in [3.8, 4) is 0 Å². The van der Waals surface area contributed by atoms with Crippen LogP contribution in [0.4, 0.5) is 0 Å². The Morgan fingerprint density at radius 2 is 2.00 bits per heavy atom. The number of hydrogen-bond donors (Lipinski definition) is 1. The normalized spacial score (nSPS) is 22.2. The first-order chi connectivity index (χ1) is 9.67. The number of carboxylic acid groups (broad SMARTS) is 1. The smallest absolute Gasteiger partial charge is 0.335 e. The number of carbonyl (C=O) groups is 1. The molecule has 3 nitrogen and oxygen atoms in total. The topological polar surface area (TPSA) is 40.5 Å². The van der Waals surface area contributed by atoms with E-state index in [9.17, 15) is 4.79 Å². The molecule has 0 amide bonds. The zero-order valence-corrected chi connectivity index (χ0v) is 12.0. The van der Waals surface area contributed by atoms with E-state index in [0.29, 0.717) is 11.0 Å². The second-order valence-corrected chi connectivity index (χ2v) is 6.53. The van der Waals surface area contributed by atoms with E-state index in [1.54, 1.807) is 6.07 Å². The van der Waals surface area contributed by atoms with Crippen LogP contribution in [0, 0.1) is 5.41 Å². The third-order valence-electron chi connectivity index (χ3n) is 5.01. The lowest BCUT2D eigenvalue weighted by molar-refractivity contribution is 0.0696. The summed E-state index contributed by atoms with van der Waals surface area (Å²) < 4.78 is 0. The van der Waals surface area contributed by atoms with Gasteiger partial charge in [0.05, 0.1) is 5.56 Å². The summed E-state index contributed by atoms with van der Waals surface area (Å²) in [5.74, 6) is -0.836. The number of likely N-dealkylation sites (tertiary alicyclic amines) is 1. The Morgan fingerprint density at radius 1 is 1.20 bits per heavy atom. The molecule has 3 rings (SSSR count). The zero-order chi connectivity index (χ0) is 14.0. The average molecular weight is 273 g/mol. The van der Waals surface area contributed by atoms with Gasteiger partial charge in [-0.25, -0.2) is 4.79 Å². The fourth-order valence-electron chi connectivity index (χ4n) is 3.93. The summed E-state index contributed by atoms with van der Waals surface area (Å²) >= 11 is 0. The highest BCUT2D eigenvalue weighted by atomic mass is 16.4. The number of benzene rings is 1. The molecule has 3 heteroatoms. The van der Waals surface area contributed by atoms with Crippen LogP contribution in [0.25, 0.3) is 0 Å². The summed E-state index contributed by atoms with van der Waals surface area (Å²) in [5.41, 5.74) is 2.09. The fraction of sp³-hybridized carbons (Fsp3) is 0.588. The first-order valence-corrected chi connectivity index (χ1v) is 7.72. The number of aromatic carboxylic acids is 1. The van der Waals surface area contributed by atoms with Crippen LogP contribution in [0.5, 0.6) is 0 Å². The summed E-state index contributed by atoms with van der Waals surface area (Å²) in [6, 6.07) is 7.37. The van der Waals surface area contributed by atoms with Crippen molar-refractivity contribution < 1.29 is 9.90 Å². The number of carboxylic acids is 1. The van der Waals surface area contributed by atoms with Gasteiger partial charge in [0, 0.05) is 13.1 Å². The van der Waals surface area contributed by atoms with Crippen LogP contribution >= 0.6 is 0 Å². The van der Waals surface area contributed by atoms with E-state index < -0.39 is 5.97 Å². The lowest BCUT2D eigenvalue weighted by Crippen LogP contribution is -2.29. The van der Waals surface area contributed by atoms with Gasteiger partial charge in [0.2, 0.25) is 0 Å². The molecule has 0 bridgehead atoms. The van der Waals surface area contributed by atoms with Crippen LogP contribution in [0.15, 0.2) is 24.3 Å². The first-order valence-electron chi connectivity index (χ1n) is 7.72. The highest BCUT2D eigenvalue weighted by Gasteiger charge is 2.38. The van der Waals surface area contributed by atoms with Crippen molar-refractivity contribution in [3.63, 3.8) is 0 Å². The molecule has 0 aromatic heterocycles. The van der Waals surface area contributed by atoms with Crippen molar-refractivity contribution in [2.24, 2.45) is 5.41 Å². The Morgan fingerprint density at radius 3 is 2.75 bits per heavy atom. The van der Waals surface area contributed by atoms with E-state index >= 15 is 0 Å². The maximum atomic E-state index is 11.0. The highest BCUT2D eigenvalue weighted by molar-refractivity contribution is 5.87. The largest absolute Gasteiger partial charge is 0.478 e. The van der Waals surface area contributed by atoms with Crippen molar-refractivity contribution in [2.75, 3.05) is 13.1 Å². The van der Waals surface area contributed by atoms with Crippen LogP contribution in [-0.4, -0.2) is 29.1 Å². The Kier molecular flexibility index (Phi) is 3.79. The van der Waals surface area contributed by atoms with Crippen molar-refractivity contribution >= 4 is 5.97 Å². The highest BCUT2D eigenvalue weighted by Crippen LogP contribution is 2.43. The van der Waals surface area contributed by atoms with E-state index in [1.807, 2.05) is 18.2 Å². The van der Waals surface area contributed by atoms with Gasteiger partial charge in [-0.05, 0) is 48.9 Å². The third-order valence-corrected chi connectivity index (χ3v) is 5.01. The van der Waals surface area contributed by atoms with E-state index in [4.69, 9.17) is 5.11 Å². The van der Waals surface area contributed by atoms with Gasteiger partial charge in [-0.1, -0.05) is 31.4 Å². The van der Waals surface area contributed by atoms with Crippen molar-refractivity contribution in [1.82, 2.24) is 4.90 Å². The van der Waals surface area contributed by atoms with Crippen molar-refractivity contribution in [3.05, 3.63) is 35.4 Å². The fourth-order valence-corrected chi connectivity index (χ4v) is 3.93. The number of rotatable bonds is 3. The minimum absolute atomic E-state index is 0.397. The maximum Gasteiger partial charge on any atom is 0.335 e. The first kappa shape index (κ1) is 13.6. The lowest BCUT2D eigenvalue weighted by Gasteiger charge is -2.33. The summed E-state index contributed by atoms with van der Waals surface area (Å²) in [5, 5.41) is 9.06. The van der Waals surface area contributed by atoms with Crippen molar-refractivity contribution in [2.45, 2.75) is 45.1 Å². The molecule has 1 aromatic carbocycles. The Hall–Kier alpha value is -1.35. The van der Waals surface area contributed by atoms with Gasteiger partial charge in [-0.2, -0.15) is 0 Å². The second kappa shape index (κ2) is 5.57. The van der Waals surface area contributed by atoms with Gasteiger partial charge < -0.3 is 5.11 Å².